The van der Waals surface area contributed by atoms with Crippen molar-refractivity contribution < 1.29 is 4.79 Å². The van der Waals surface area contributed by atoms with Crippen molar-refractivity contribution in [2.24, 2.45) is 5.92 Å². The fourth-order valence-corrected chi connectivity index (χ4v) is 3.12. The van der Waals surface area contributed by atoms with Gasteiger partial charge in [-0.05, 0) is 32.6 Å². The van der Waals surface area contributed by atoms with E-state index in [1.807, 2.05) is 0 Å². The summed E-state index contributed by atoms with van der Waals surface area (Å²) in [5.74, 6) is 0.970. The number of amides is 1. The van der Waals surface area contributed by atoms with Crippen molar-refractivity contribution in [2.45, 2.75) is 39.2 Å². The monoisotopic (exact) mass is 253 g/mol. The van der Waals surface area contributed by atoms with E-state index in [0.29, 0.717) is 11.8 Å². The lowest BCUT2D eigenvalue weighted by molar-refractivity contribution is -0.145. The zero-order valence-electron chi connectivity index (χ0n) is 12.0. The average Bonchev–Trinajstić information content (AvgIpc) is 2.39. The first-order valence-corrected chi connectivity index (χ1v) is 7.27. The van der Waals surface area contributed by atoms with Crippen LogP contribution in [0.15, 0.2) is 0 Å². The zero-order valence-corrected chi connectivity index (χ0v) is 12.0. The number of hydrogen-bond donors (Lipinski definition) is 1. The molecule has 0 bridgehead atoms. The van der Waals surface area contributed by atoms with Crippen LogP contribution in [0.5, 0.6) is 0 Å². The second-order valence-electron chi connectivity index (χ2n) is 6.29. The number of carbonyl (C=O) groups is 1. The Kier molecular flexibility index (Phi) is 4.28. The molecule has 2 aliphatic rings. The molecule has 4 nitrogen and oxygen atoms in total. The van der Waals surface area contributed by atoms with Crippen LogP contribution in [0.2, 0.25) is 0 Å². The molecule has 0 radical (unpaired) electrons. The zero-order chi connectivity index (χ0) is 13.2. The summed E-state index contributed by atoms with van der Waals surface area (Å²) in [5.41, 5.74) is -0.348. The third-order valence-electron chi connectivity index (χ3n) is 4.38. The van der Waals surface area contributed by atoms with Gasteiger partial charge in [0.15, 0.2) is 0 Å². The van der Waals surface area contributed by atoms with Gasteiger partial charge in [0, 0.05) is 39.3 Å². The molecular formula is C14H27N3O. The lowest BCUT2D eigenvalue weighted by Crippen LogP contribution is -2.61. The highest BCUT2D eigenvalue weighted by atomic mass is 16.2. The summed E-state index contributed by atoms with van der Waals surface area (Å²) in [6.45, 7) is 12.2. The molecule has 104 valence electrons. The number of carbonyl (C=O) groups excluding carboxylic acids is 1. The van der Waals surface area contributed by atoms with Crippen LogP contribution in [0.25, 0.3) is 0 Å². The predicted octanol–water partition coefficient (Wildman–Crippen LogP) is 0.929. The van der Waals surface area contributed by atoms with Crippen molar-refractivity contribution in [1.29, 1.82) is 0 Å². The summed E-state index contributed by atoms with van der Waals surface area (Å²) in [4.78, 5) is 17.1. The van der Waals surface area contributed by atoms with Crippen molar-refractivity contribution in [3.8, 4) is 0 Å². The second kappa shape index (κ2) is 5.57. The molecule has 0 aromatic heterocycles. The van der Waals surface area contributed by atoms with E-state index in [1.54, 1.807) is 0 Å². The number of nitrogens with zero attached hydrogens (tertiary/aromatic N) is 2. The number of nitrogens with one attached hydrogen (secondary N) is 1. The number of rotatable bonds is 2. The molecule has 2 saturated heterocycles. The molecule has 0 aromatic carbocycles. The highest BCUT2D eigenvalue weighted by Crippen LogP contribution is 2.23. The Balaban J connectivity index is 2.01. The molecule has 18 heavy (non-hydrogen) atoms. The molecule has 0 aromatic rings. The molecule has 0 aliphatic carbocycles. The maximum absolute atomic E-state index is 12.7. The summed E-state index contributed by atoms with van der Waals surface area (Å²) < 4.78 is 0. The Morgan fingerprint density at radius 3 is 2.50 bits per heavy atom. The fraction of sp³-hybridized carbons (Fsp3) is 0.929. The van der Waals surface area contributed by atoms with Crippen molar-refractivity contribution in [3.05, 3.63) is 0 Å². The molecular weight excluding hydrogens is 226 g/mol. The van der Waals surface area contributed by atoms with Crippen LogP contribution in [0, 0.1) is 5.92 Å². The van der Waals surface area contributed by atoms with Gasteiger partial charge in [0.05, 0.1) is 5.54 Å². The number of piperazine rings is 1. The molecule has 1 atom stereocenters. The topological polar surface area (TPSA) is 35.6 Å². The van der Waals surface area contributed by atoms with E-state index in [-0.39, 0.29) is 5.54 Å². The molecule has 1 amide bonds. The first-order valence-electron chi connectivity index (χ1n) is 7.27. The van der Waals surface area contributed by atoms with Gasteiger partial charge in [-0.15, -0.1) is 0 Å². The van der Waals surface area contributed by atoms with Crippen molar-refractivity contribution in [1.82, 2.24) is 15.1 Å². The standard InChI is InChI=1S/C14H27N3O/c1-12-5-4-8-16(11-12)13(18)14(2,3)17-9-6-15-7-10-17/h12,15H,4-11H2,1-3H3. The van der Waals surface area contributed by atoms with Gasteiger partial charge < -0.3 is 10.2 Å². The summed E-state index contributed by atoms with van der Waals surface area (Å²) in [6.07, 6.45) is 2.42. The largest absolute Gasteiger partial charge is 0.341 e. The number of likely N-dealkylation sites (tertiary alicyclic amines) is 1. The Hall–Kier alpha value is -0.610. The van der Waals surface area contributed by atoms with Gasteiger partial charge in [-0.25, -0.2) is 0 Å². The molecule has 2 rings (SSSR count). The maximum atomic E-state index is 12.7. The third kappa shape index (κ3) is 2.86. The highest BCUT2D eigenvalue weighted by molar-refractivity contribution is 5.85. The van der Waals surface area contributed by atoms with Gasteiger partial charge in [0.1, 0.15) is 0 Å². The average molecular weight is 253 g/mol. The Labute approximate surface area is 111 Å². The molecule has 2 fully saturated rings. The minimum atomic E-state index is -0.348. The first-order chi connectivity index (χ1) is 8.51. The van der Waals surface area contributed by atoms with Crippen molar-refractivity contribution in [2.75, 3.05) is 39.3 Å². The Morgan fingerprint density at radius 1 is 1.22 bits per heavy atom. The summed E-state index contributed by atoms with van der Waals surface area (Å²) in [5, 5.41) is 3.35. The SMILES string of the molecule is CC1CCCN(C(=O)C(C)(C)N2CCNCC2)C1. The lowest BCUT2D eigenvalue weighted by atomic mass is 9.95. The van der Waals surface area contributed by atoms with Crippen LogP contribution in [0.3, 0.4) is 0 Å². The number of hydrogen-bond acceptors (Lipinski definition) is 3. The smallest absolute Gasteiger partial charge is 0.242 e. The molecule has 2 aliphatic heterocycles. The van der Waals surface area contributed by atoms with Crippen LogP contribution in [-0.4, -0.2) is 60.5 Å². The van der Waals surface area contributed by atoms with E-state index >= 15 is 0 Å². The minimum absolute atomic E-state index is 0.316. The van der Waals surface area contributed by atoms with Gasteiger partial charge in [-0.1, -0.05) is 6.92 Å². The summed E-state index contributed by atoms with van der Waals surface area (Å²) in [7, 11) is 0. The summed E-state index contributed by atoms with van der Waals surface area (Å²) in [6, 6.07) is 0. The first kappa shape index (κ1) is 13.8. The third-order valence-corrected chi connectivity index (χ3v) is 4.38. The van der Waals surface area contributed by atoms with E-state index in [1.165, 1.54) is 6.42 Å². The molecule has 4 heteroatoms. The van der Waals surface area contributed by atoms with Crippen LogP contribution in [-0.2, 0) is 4.79 Å². The van der Waals surface area contributed by atoms with E-state index in [4.69, 9.17) is 0 Å². The quantitative estimate of drug-likeness (QED) is 0.795. The van der Waals surface area contributed by atoms with Crippen molar-refractivity contribution >= 4 is 5.91 Å². The normalized spacial score (nSPS) is 27.3. The van der Waals surface area contributed by atoms with Crippen LogP contribution in [0.4, 0.5) is 0 Å². The Bertz CT molecular complexity index is 297. The van der Waals surface area contributed by atoms with Crippen molar-refractivity contribution in [3.63, 3.8) is 0 Å². The van der Waals surface area contributed by atoms with Gasteiger partial charge in [0.2, 0.25) is 5.91 Å². The second-order valence-corrected chi connectivity index (χ2v) is 6.29. The van der Waals surface area contributed by atoms with E-state index in [2.05, 4.69) is 35.9 Å². The minimum Gasteiger partial charge on any atom is -0.341 e. The van der Waals surface area contributed by atoms with Gasteiger partial charge in [-0.3, -0.25) is 9.69 Å². The highest BCUT2D eigenvalue weighted by Gasteiger charge is 2.38. The Morgan fingerprint density at radius 2 is 1.89 bits per heavy atom. The number of piperidine rings is 1. The van der Waals surface area contributed by atoms with E-state index in [9.17, 15) is 4.79 Å². The van der Waals surface area contributed by atoms with Crippen LogP contribution in [0.1, 0.15) is 33.6 Å². The van der Waals surface area contributed by atoms with Crippen LogP contribution >= 0.6 is 0 Å². The maximum Gasteiger partial charge on any atom is 0.242 e. The predicted molar refractivity (Wildman–Crippen MR) is 73.5 cm³/mol. The molecule has 2 heterocycles. The van der Waals surface area contributed by atoms with Gasteiger partial charge in [0.25, 0.3) is 0 Å². The van der Waals surface area contributed by atoms with Crippen LogP contribution < -0.4 is 5.32 Å². The molecule has 0 saturated carbocycles. The van der Waals surface area contributed by atoms with Gasteiger partial charge in [-0.2, -0.15) is 0 Å². The molecule has 1 unspecified atom stereocenters. The van der Waals surface area contributed by atoms with E-state index in [0.717, 1.165) is 45.7 Å². The fourth-order valence-electron chi connectivity index (χ4n) is 3.12. The van der Waals surface area contributed by atoms with E-state index < -0.39 is 0 Å². The lowest BCUT2D eigenvalue weighted by Gasteiger charge is -2.44. The molecule has 1 N–H and O–H groups in total. The summed E-state index contributed by atoms with van der Waals surface area (Å²) >= 11 is 0. The molecule has 0 spiro atoms. The van der Waals surface area contributed by atoms with Gasteiger partial charge >= 0.3 is 0 Å².